The van der Waals surface area contributed by atoms with Crippen molar-refractivity contribution in [3.05, 3.63) is 242 Å². The Hall–Kier alpha value is -8.20. The van der Waals surface area contributed by atoms with E-state index in [2.05, 4.69) is 254 Å². The summed E-state index contributed by atoms with van der Waals surface area (Å²) in [4.78, 5) is 5.11. The molecule has 0 radical (unpaired) electrons. The Morgan fingerprint density at radius 3 is 1.23 bits per heavy atom. The molecule has 1 aliphatic carbocycles. The molecule has 0 saturated heterocycles. The molecule has 0 atom stereocenters. The highest BCUT2D eigenvalue weighted by Gasteiger charge is 2.37. The lowest BCUT2D eigenvalue weighted by Crippen LogP contribution is -2.17. The lowest BCUT2D eigenvalue weighted by Gasteiger charge is -2.34. The van der Waals surface area contributed by atoms with Crippen LogP contribution < -0.4 is 9.80 Å². The molecule has 0 aromatic heterocycles. The quantitative estimate of drug-likeness (QED) is 0.122. The molecule has 0 fully saturated rings. The molecule has 0 amide bonds. The fourth-order valence-electron chi connectivity index (χ4n) is 11.0. The van der Waals surface area contributed by atoms with Crippen LogP contribution >= 0.6 is 0 Å². The molecule has 12 aromatic carbocycles. The maximum Gasteiger partial charge on any atom is 0.0620 e. The van der Waals surface area contributed by atoms with Gasteiger partial charge in [-0.25, -0.2) is 0 Å². The Kier molecular flexibility index (Phi) is 8.29. The minimum absolute atomic E-state index is 0.218. The molecule has 0 spiro atoms. The summed E-state index contributed by atoms with van der Waals surface area (Å²) in [5, 5.41) is 14.4. The summed E-state index contributed by atoms with van der Waals surface area (Å²) < 4.78 is 0. The van der Waals surface area contributed by atoms with Gasteiger partial charge in [0, 0.05) is 49.1 Å². The summed E-state index contributed by atoms with van der Waals surface area (Å²) >= 11 is 0. The number of anilines is 6. The first-order valence-corrected chi connectivity index (χ1v) is 22.7. The molecule has 12 aromatic rings. The normalized spacial score (nSPS) is 12.9. The van der Waals surface area contributed by atoms with Gasteiger partial charge >= 0.3 is 0 Å². The maximum absolute atomic E-state index is 2.56. The molecule has 306 valence electrons. The van der Waals surface area contributed by atoms with Crippen molar-refractivity contribution in [3.63, 3.8) is 0 Å². The lowest BCUT2D eigenvalue weighted by molar-refractivity contribution is 0.661. The second kappa shape index (κ2) is 14.4. The Bertz CT molecular complexity index is 3890. The molecule has 2 heteroatoms. The van der Waals surface area contributed by atoms with Gasteiger partial charge in [0.05, 0.1) is 22.7 Å². The van der Waals surface area contributed by atoms with Gasteiger partial charge in [-0.1, -0.05) is 196 Å². The van der Waals surface area contributed by atoms with Crippen LogP contribution in [0.2, 0.25) is 0 Å². The van der Waals surface area contributed by atoms with E-state index in [0.29, 0.717) is 0 Å². The number of fused-ring (bicyclic) bond motifs is 9. The van der Waals surface area contributed by atoms with Gasteiger partial charge in [-0.3, -0.25) is 0 Å². The largest absolute Gasteiger partial charge is 0.309 e. The summed E-state index contributed by atoms with van der Waals surface area (Å²) in [6, 6.07) is 85.7. The fraction of sp³-hybridized carbons (Fsp3) is 0.0476. The number of nitrogens with zero attached hydrogens (tertiary/aromatic N) is 2. The summed E-state index contributed by atoms with van der Waals surface area (Å²) in [5.41, 5.74) is 11.9. The highest BCUT2D eigenvalue weighted by atomic mass is 15.2. The van der Waals surface area contributed by atoms with Gasteiger partial charge in [0.15, 0.2) is 0 Å². The van der Waals surface area contributed by atoms with Crippen molar-refractivity contribution >= 4 is 98.8 Å². The van der Waals surface area contributed by atoms with Crippen molar-refractivity contribution in [1.29, 1.82) is 0 Å². The Balaban J connectivity index is 1.23. The standard InChI is InChI=1S/C63H44N2/c1-63(2)57-30-14-13-27-51(57)54-39-55-56(40-58(54)63)62(65(48-36-34-42-18-4-6-22-46(42)38-48)60-32-16-24-44-20-8-10-26-50(44)60)53-29-12-11-28-52(53)61(55)64(47-35-33-41-17-3-5-21-45(41)37-47)59-31-15-23-43-19-7-9-25-49(43)59/h3-40H,1-2H3. The van der Waals surface area contributed by atoms with E-state index in [1.54, 1.807) is 0 Å². The fourth-order valence-corrected chi connectivity index (χ4v) is 11.0. The minimum atomic E-state index is -0.218. The van der Waals surface area contributed by atoms with Crippen LogP contribution in [0.5, 0.6) is 0 Å². The number of rotatable bonds is 6. The van der Waals surface area contributed by atoms with Gasteiger partial charge in [0.25, 0.3) is 0 Å². The van der Waals surface area contributed by atoms with E-state index in [1.807, 2.05) is 0 Å². The van der Waals surface area contributed by atoms with Gasteiger partial charge in [0.2, 0.25) is 0 Å². The smallest absolute Gasteiger partial charge is 0.0620 e. The van der Waals surface area contributed by atoms with Crippen LogP contribution in [-0.2, 0) is 5.41 Å². The van der Waals surface area contributed by atoms with Crippen molar-refractivity contribution in [2.75, 3.05) is 9.80 Å². The zero-order chi connectivity index (χ0) is 43.2. The second-order valence-electron chi connectivity index (χ2n) is 18.1. The summed E-state index contributed by atoms with van der Waals surface area (Å²) in [5.74, 6) is 0. The molecule has 65 heavy (non-hydrogen) atoms. The maximum atomic E-state index is 2.56. The van der Waals surface area contributed by atoms with E-state index < -0.39 is 0 Å². The van der Waals surface area contributed by atoms with Crippen molar-refractivity contribution in [3.8, 4) is 11.1 Å². The summed E-state index contributed by atoms with van der Waals surface area (Å²) in [7, 11) is 0. The zero-order valence-electron chi connectivity index (χ0n) is 36.3. The number of hydrogen-bond donors (Lipinski definition) is 0. The van der Waals surface area contributed by atoms with Crippen molar-refractivity contribution in [2.45, 2.75) is 19.3 Å². The van der Waals surface area contributed by atoms with Crippen molar-refractivity contribution in [2.24, 2.45) is 0 Å². The molecule has 13 rings (SSSR count). The van der Waals surface area contributed by atoms with E-state index in [-0.39, 0.29) is 5.41 Å². The molecule has 0 bridgehead atoms. The highest BCUT2D eigenvalue weighted by Crippen LogP contribution is 2.57. The molecule has 0 heterocycles. The van der Waals surface area contributed by atoms with E-state index in [1.165, 1.54) is 86.9 Å². The lowest BCUT2D eigenvalue weighted by atomic mass is 9.81. The number of hydrogen-bond acceptors (Lipinski definition) is 2. The molecule has 0 unspecified atom stereocenters. The SMILES string of the molecule is CC1(C)c2ccccc2-c2cc3c(N(c4ccc5ccccc5c4)c4cccc5ccccc45)c4ccccc4c(N(c4ccc5ccccc5c4)c4cccc5ccccc45)c3cc21. The molecule has 2 nitrogen and oxygen atoms in total. The van der Waals surface area contributed by atoms with E-state index in [9.17, 15) is 0 Å². The van der Waals surface area contributed by atoms with E-state index in [4.69, 9.17) is 0 Å². The van der Waals surface area contributed by atoms with Gasteiger partial charge in [-0.05, 0) is 103 Å². The zero-order valence-corrected chi connectivity index (χ0v) is 36.3. The molecule has 0 N–H and O–H groups in total. The third-order valence-corrected chi connectivity index (χ3v) is 14.1. The van der Waals surface area contributed by atoms with Crippen LogP contribution in [0.15, 0.2) is 231 Å². The molecular formula is C63H44N2. The predicted octanol–water partition coefficient (Wildman–Crippen LogP) is 17.9. The van der Waals surface area contributed by atoms with Crippen LogP contribution in [0.3, 0.4) is 0 Å². The van der Waals surface area contributed by atoms with E-state index in [0.717, 1.165) is 34.1 Å². The molecule has 0 saturated carbocycles. The third kappa shape index (κ3) is 5.74. The van der Waals surface area contributed by atoms with Gasteiger partial charge in [-0.2, -0.15) is 0 Å². The second-order valence-corrected chi connectivity index (χ2v) is 18.1. The number of benzene rings is 12. The van der Waals surface area contributed by atoms with Crippen LogP contribution in [0.1, 0.15) is 25.0 Å². The molecular weight excluding hydrogens is 785 g/mol. The van der Waals surface area contributed by atoms with Crippen LogP contribution in [0.4, 0.5) is 34.1 Å². The highest BCUT2D eigenvalue weighted by molar-refractivity contribution is 6.26. The van der Waals surface area contributed by atoms with Crippen LogP contribution in [0.25, 0.3) is 75.8 Å². The first-order chi connectivity index (χ1) is 32.0. The van der Waals surface area contributed by atoms with Crippen LogP contribution in [0, 0.1) is 0 Å². The Labute approximate surface area is 378 Å². The van der Waals surface area contributed by atoms with Crippen molar-refractivity contribution < 1.29 is 0 Å². The van der Waals surface area contributed by atoms with Gasteiger partial charge in [-0.15, -0.1) is 0 Å². The molecule has 1 aliphatic rings. The summed E-state index contributed by atoms with van der Waals surface area (Å²) in [6.07, 6.45) is 0. The third-order valence-electron chi connectivity index (χ3n) is 14.1. The van der Waals surface area contributed by atoms with Crippen molar-refractivity contribution in [1.82, 2.24) is 0 Å². The van der Waals surface area contributed by atoms with Gasteiger partial charge < -0.3 is 9.80 Å². The van der Waals surface area contributed by atoms with Gasteiger partial charge in [0.1, 0.15) is 0 Å². The van der Waals surface area contributed by atoms with Crippen LogP contribution in [-0.4, -0.2) is 0 Å². The topological polar surface area (TPSA) is 6.48 Å². The monoisotopic (exact) mass is 828 g/mol. The average Bonchev–Trinajstić information content (AvgIpc) is 3.58. The average molecular weight is 829 g/mol. The minimum Gasteiger partial charge on any atom is -0.309 e. The Morgan fingerprint density at radius 1 is 0.277 bits per heavy atom. The first-order valence-electron chi connectivity index (χ1n) is 22.7. The van der Waals surface area contributed by atoms with E-state index >= 15 is 0 Å². The molecule has 0 aliphatic heterocycles. The Morgan fingerprint density at radius 2 is 0.692 bits per heavy atom. The predicted molar refractivity (Wildman–Crippen MR) is 278 cm³/mol. The summed E-state index contributed by atoms with van der Waals surface area (Å²) in [6.45, 7) is 4.79. The first kappa shape index (κ1) is 37.4.